The van der Waals surface area contributed by atoms with Crippen LogP contribution in [0.4, 0.5) is 15.8 Å². The Morgan fingerprint density at radius 1 is 1.48 bits per heavy atom. The van der Waals surface area contributed by atoms with Crippen LogP contribution in [-0.4, -0.2) is 17.4 Å². The van der Waals surface area contributed by atoms with E-state index in [0.29, 0.717) is 18.5 Å². The molecule has 0 aromatic heterocycles. The maximum atomic E-state index is 13.5. The normalized spacial score (nSPS) is 14.4. The van der Waals surface area contributed by atoms with Gasteiger partial charge in [-0.05, 0) is 18.4 Å². The number of amides is 1. The zero-order valence-corrected chi connectivity index (χ0v) is 11.4. The van der Waals surface area contributed by atoms with Crippen molar-refractivity contribution in [3.8, 4) is 0 Å². The predicted octanol–water partition coefficient (Wildman–Crippen LogP) is 1.94. The van der Waals surface area contributed by atoms with Crippen LogP contribution in [-0.2, 0) is 0 Å². The second-order valence-corrected chi connectivity index (χ2v) is 5.09. The minimum Gasteiger partial charge on any atom is -0.352 e. The van der Waals surface area contributed by atoms with Gasteiger partial charge >= 0.3 is 0 Å². The van der Waals surface area contributed by atoms with Gasteiger partial charge in [-0.25, -0.2) is 4.39 Å². The Kier molecular flexibility index (Phi) is 4.69. The van der Waals surface area contributed by atoms with Crippen LogP contribution >= 0.6 is 0 Å². The molecule has 0 spiro atoms. The summed E-state index contributed by atoms with van der Waals surface area (Å²) in [6, 6.07) is 1.74. The van der Waals surface area contributed by atoms with E-state index in [1.807, 2.05) is 0 Å². The van der Waals surface area contributed by atoms with E-state index in [0.717, 1.165) is 25.3 Å². The molecule has 2 rings (SSSR count). The molecular weight excluding hydrogens is 279 g/mol. The van der Waals surface area contributed by atoms with Gasteiger partial charge < -0.3 is 10.7 Å². The Morgan fingerprint density at radius 3 is 2.71 bits per heavy atom. The molecule has 21 heavy (non-hydrogen) atoms. The highest BCUT2D eigenvalue weighted by atomic mass is 19.1. The summed E-state index contributed by atoms with van der Waals surface area (Å²) in [5.41, 5.74) is 1.13. The lowest BCUT2D eigenvalue weighted by atomic mass is 9.83. The van der Waals surface area contributed by atoms with Gasteiger partial charge in [0.15, 0.2) is 5.82 Å². The number of nitro groups is 1. The molecule has 0 saturated heterocycles. The van der Waals surface area contributed by atoms with Gasteiger partial charge in [0, 0.05) is 6.54 Å². The van der Waals surface area contributed by atoms with Crippen LogP contribution in [0.2, 0.25) is 0 Å². The third-order valence-corrected chi connectivity index (χ3v) is 3.75. The van der Waals surface area contributed by atoms with Crippen molar-refractivity contribution >= 4 is 17.3 Å². The molecule has 0 atom stereocenters. The van der Waals surface area contributed by atoms with E-state index >= 15 is 0 Å². The van der Waals surface area contributed by atoms with Crippen LogP contribution in [0.3, 0.4) is 0 Å². The molecule has 1 aromatic carbocycles. The second kappa shape index (κ2) is 6.49. The summed E-state index contributed by atoms with van der Waals surface area (Å²) >= 11 is 0. The number of rotatable bonds is 6. The Morgan fingerprint density at radius 2 is 2.19 bits per heavy atom. The molecule has 1 aliphatic rings. The van der Waals surface area contributed by atoms with Gasteiger partial charge in [0.2, 0.25) is 0 Å². The lowest BCUT2D eigenvalue weighted by Gasteiger charge is -2.25. The Balaban J connectivity index is 2.11. The summed E-state index contributed by atoms with van der Waals surface area (Å²) in [6.07, 6.45) is 4.39. The first kappa shape index (κ1) is 15.2. The maximum Gasteiger partial charge on any atom is 0.285 e. The molecule has 0 radical (unpaired) electrons. The zero-order chi connectivity index (χ0) is 15.4. The molecule has 1 fully saturated rings. The van der Waals surface area contributed by atoms with Gasteiger partial charge in [-0.1, -0.05) is 19.3 Å². The molecule has 0 unspecified atom stereocenters. The molecule has 0 aliphatic heterocycles. The topological polar surface area (TPSA) is 110 Å². The van der Waals surface area contributed by atoms with Crippen molar-refractivity contribution in [1.82, 2.24) is 5.32 Å². The highest BCUT2D eigenvalue weighted by Crippen LogP contribution is 2.29. The van der Waals surface area contributed by atoms with E-state index in [1.165, 1.54) is 6.42 Å². The summed E-state index contributed by atoms with van der Waals surface area (Å²) in [5, 5.41) is 13.6. The number of carbonyl (C=O) groups is 1. The number of nitro benzene ring substituents is 1. The van der Waals surface area contributed by atoms with Crippen LogP contribution in [0.15, 0.2) is 12.1 Å². The monoisotopic (exact) mass is 296 g/mol. The minimum absolute atomic E-state index is 0.162. The zero-order valence-electron chi connectivity index (χ0n) is 11.4. The Labute approximate surface area is 120 Å². The fourth-order valence-electron chi connectivity index (χ4n) is 2.27. The summed E-state index contributed by atoms with van der Waals surface area (Å²) in [7, 11) is 0. The SMILES string of the molecule is NNc1cc(C(=O)NCCC2CCC2)c([N+](=O)[O-])cc1F. The average molecular weight is 296 g/mol. The van der Waals surface area contributed by atoms with Crippen LogP contribution in [0.25, 0.3) is 0 Å². The number of hydrogen-bond acceptors (Lipinski definition) is 5. The van der Waals surface area contributed by atoms with Gasteiger partial charge in [0.1, 0.15) is 5.56 Å². The molecule has 0 heterocycles. The lowest BCUT2D eigenvalue weighted by Crippen LogP contribution is -2.28. The number of benzene rings is 1. The van der Waals surface area contributed by atoms with E-state index in [1.54, 1.807) is 0 Å². The summed E-state index contributed by atoms with van der Waals surface area (Å²) < 4.78 is 13.5. The maximum absolute atomic E-state index is 13.5. The van der Waals surface area contributed by atoms with Gasteiger partial charge in [-0.2, -0.15) is 0 Å². The number of anilines is 1. The summed E-state index contributed by atoms with van der Waals surface area (Å²) in [6.45, 7) is 0.448. The second-order valence-electron chi connectivity index (χ2n) is 5.09. The van der Waals surface area contributed by atoms with Crippen molar-refractivity contribution in [3.05, 3.63) is 33.6 Å². The molecule has 1 aliphatic carbocycles. The van der Waals surface area contributed by atoms with Crippen molar-refractivity contribution < 1.29 is 14.1 Å². The number of nitrogens with one attached hydrogen (secondary N) is 2. The number of carbonyl (C=O) groups excluding carboxylic acids is 1. The number of hydrogen-bond donors (Lipinski definition) is 3. The quantitative estimate of drug-likeness (QED) is 0.422. The largest absolute Gasteiger partial charge is 0.352 e. The molecule has 7 nitrogen and oxygen atoms in total. The van der Waals surface area contributed by atoms with Crippen LogP contribution < -0.4 is 16.6 Å². The predicted molar refractivity (Wildman–Crippen MR) is 75.2 cm³/mol. The van der Waals surface area contributed by atoms with Gasteiger partial charge in [0.05, 0.1) is 16.7 Å². The van der Waals surface area contributed by atoms with Crippen molar-refractivity contribution in [3.63, 3.8) is 0 Å². The number of hydrazine groups is 1. The number of halogens is 1. The number of nitrogens with two attached hydrogens (primary N) is 1. The summed E-state index contributed by atoms with van der Waals surface area (Å²) in [4.78, 5) is 22.2. The van der Waals surface area contributed by atoms with Crippen molar-refractivity contribution in [1.29, 1.82) is 0 Å². The van der Waals surface area contributed by atoms with Gasteiger partial charge in [0.25, 0.3) is 11.6 Å². The molecule has 4 N–H and O–H groups in total. The standard InChI is InChI=1S/C13H17FN4O3/c14-10-7-12(18(20)21)9(6-11(10)17-15)13(19)16-5-4-8-2-1-3-8/h6-8,17H,1-5,15H2,(H,16,19). The van der Waals surface area contributed by atoms with Crippen molar-refractivity contribution in [2.75, 3.05) is 12.0 Å². The number of nitrogen functional groups attached to an aromatic ring is 1. The highest BCUT2D eigenvalue weighted by molar-refractivity contribution is 5.99. The van der Waals surface area contributed by atoms with Crippen molar-refractivity contribution in [2.24, 2.45) is 11.8 Å². The molecule has 114 valence electrons. The Bertz CT molecular complexity index is 561. The highest BCUT2D eigenvalue weighted by Gasteiger charge is 2.24. The first-order chi connectivity index (χ1) is 10.0. The fourth-order valence-corrected chi connectivity index (χ4v) is 2.27. The Hall–Kier alpha value is -2.22. The molecular formula is C13H17FN4O3. The van der Waals surface area contributed by atoms with E-state index in [4.69, 9.17) is 5.84 Å². The van der Waals surface area contributed by atoms with Gasteiger partial charge in [-0.15, -0.1) is 0 Å². The minimum atomic E-state index is -0.879. The van der Waals surface area contributed by atoms with Crippen molar-refractivity contribution in [2.45, 2.75) is 25.7 Å². The average Bonchev–Trinajstić information content (AvgIpc) is 2.40. The van der Waals surface area contributed by atoms with E-state index in [2.05, 4.69) is 10.7 Å². The third kappa shape index (κ3) is 3.46. The molecule has 1 aromatic rings. The molecule has 1 saturated carbocycles. The van der Waals surface area contributed by atoms with E-state index in [-0.39, 0.29) is 11.3 Å². The van der Waals surface area contributed by atoms with Crippen LogP contribution in [0, 0.1) is 21.8 Å². The molecule has 0 bridgehead atoms. The first-order valence-corrected chi connectivity index (χ1v) is 6.75. The molecule has 8 heteroatoms. The van der Waals surface area contributed by atoms with Gasteiger partial charge in [-0.3, -0.25) is 20.8 Å². The lowest BCUT2D eigenvalue weighted by molar-refractivity contribution is -0.385. The smallest absolute Gasteiger partial charge is 0.285 e. The number of nitrogens with zero attached hydrogens (tertiary/aromatic N) is 1. The van der Waals surface area contributed by atoms with Crippen LogP contribution in [0.1, 0.15) is 36.0 Å². The molecule has 1 amide bonds. The third-order valence-electron chi connectivity index (χ3n) is 3.75. The van der Waals surface area contributed by atoms with E-state index in [9.17, 15) is 19.3 Å². The fraction of sp³-hybridized carbons (Fsp3) is 0.462. The van der Waals surface area contributed by atoms with Crippen LogP contribution in [0.5, 0.6) is 0 Å². The summed E-state index contributed by atoms with van der Waals surface area (Å²) in [5.74, 6) is 4.26. The first-order valence-electron chi connectivity index (χ1n) is 6.75. The van der Waals surface area contributed by atoms with E-state index < -0.39 is 22.3 Å².